The van der Waals surface area contributed by atoms with Gasteiger partial charge in [0, 0.05) is 13.1 Å². The topological polar surface area (TPSA) is 49.8 Å². The van der Waals surface area contributed by atoms with Gasteiger partial charge in [0.05, 0.1) is 6.10 Å². The van der Waals surface area contributed by atoms with Crippen LogP contribution in [0.25, 0.3) is 0 Å². The van der Waals surface area contributed by atoms with Gasteiger partial charge in [-0.1, -0.05) is 0 Å². The number of rotatable bonds is 3. The molecule has 0 unspecified atom stereocenters. The van der Waals surface area contributed by atoms with Crippen molar-refractivity contribution < 1.29 is 14.6 Å². The number of aliphatic carboxylic acids is 1. The molecule has 1 aliphatic heterocycles. The maximum atomic E-state index is 11.2. The molecule has 82 valence electrons. The van der Waals surface area contributed by atoms with Crippen molar-refractivity contribution in [3.8, 4) is 0 Å². The minimum absolute atomic E-state index is 0.0329. The zero-order valence-corrected chi connectivity index (χ0v) is 9.12. The molecule has 0 aromatic rings. The standard InChI is InChI=1S/C10H19NO3/c1-8(2)14-10(9(12)13)4-6-11(3)7-5-10/h8H,4-7H2,1-3H3,(H,12,13). The van der Waals surface area contributed by atoms with E-state index in [1.807, 2.05) is 20.9 Å². The van der Waals surface area contributed by atoms with Crippen molar-refractivity contribution in [1.82, 2.24) is 4.90 Å². The zero-order valence-electron chi connectivity index (χ0n) is 9.12. The Kier molecular flexibility index (Phi) is 3.50. The Hall–Kier alpha value is -0.610. The third-order valence-corrected chi connectivity index (χ3v) is 2.65. The summed E-state index contributed by atoms with van der Waals surface area (Å²) in [7, 11) is 2.00. The molecular formula is C10H19NO3. The van der Waals surface area contributed by atoms with Crippen LogP contribution in [0.1, 0.15) is 26.7 Å². The normalized spacial score (nSPS) is 22.6. The van der Waals surface area contributed by atoms with Crippen molar-refractivity contribution in [2.24, 2.45) is 0 Å². The van der Waals surface area contributed by atoms with Gasteiger partial charge in [0.15, 0.2) is 5.60 Å². The minimum atomic E-state index is -0.944. The fourth-order valence-corrected chi connectivity index (χ4v) is 1.81. The first kappa shape index (κ1) is 11.5. The van der Waals surface area contributed by atoms with E-state index in [0.29, 0.717) is 12.8 Å². The number of nitrogens with zero attached hydrogens (tertiary/aromatic N) is 1. The van der Waals surface area contributed by atoms with Crippen LogP contribution in [0, 0.1) is 0 Å². The van der Waals surface area contributed by atoms with Gasteiger partial charge >= 0.3 is 5.97 Å². The molecule has 1 rings (SSSR count). The summed E-state index contributed by atoms with van der Waals surface area (Å²) in [6.07, 6.45) is 1.13. The van der Waals surface area contributed by atoms with Crippen molar-refractivity contribution in [2.45, 2.75) is 38.4 Å². The zero-order chi connectivity index (χ0) is 10.8. The fraction of sp³-hybridized carbons (Fsp3) is 0.900. The molecule has 0 atom stereocenters. The number of carboxylic acid groups (broad SMARTS) is 1. The van der Waals surface area contributed by atoms with E-state index in [0.717, 1.165) is 13.1 Å². The van der Waals surface area contributed by atoms with Crippen LogP contribution in [0.5, 0.6) is 0 Å². The largest absolute Gasteiger partial charge is 0.479 e. The third-order valence-electron chi connectivity index (χ3n) is 2.65. The average molecular weight is 201 g/mol. The summed E-state index contributed by atoms with van der Waals surface area (Å²) >= 11 is 0. The highest BCUT2D eigenvalue weighted by Crippen LogP contribution is 2.27. The first-order valence-corrected chi connectivity index (χ1v) is 5.06. The second-order valence-corrected chi connectivity index (χ2v) is 4.27. The van der Waals surface area contributed by atoms with E-state index < -0.39 is 11.6 Å². The van der Waals surface area contributed by atoms with Gasteiger partial charge in [-0.15, -0.1) is 0 Å². The lowest BCUT2D eigenvalue weighted by molar-refractivity contribution is -0.179. The number of carbonyl (C=O) groups is 1. The van der Waals surface area contributed by atoms with Crippen molar-refractivity contribution in [2.75, 3.05) is 20.1 Å². The van der Waals surface area contributed by atoms with Gasteiger partial charge in [0.25, 0.3) is 0 Å². The molecule has 4 heteroatoms. The SMILES string of the molecule is CC(C)OC1(C(=O)O)CCN(C)CC1. The first-order chi connectivity index (χ1) is 6.46. The molecule has 0 saturated carbocycles. The summed E-state index contributed by atoms with van der Waals surface area (Å²) in [6.45, 7) is 5.34. The van der Waals surface area contributed by atoms with Gasteiger partial charge in [-0.25, -0.2) is 4.79 Å². The van der Waals surface area contributed by atoms with Crippen molar-refractivity contribution in [3.05, 3.63) is 0 Å². The molecule has 14 heavy (non-hydrogen) atoms. The highest BCUT2D eigenvalue weighted by molar-refractivity contribution is 5.77. The third kappa shape index (κ3) is 2.45. The van der Waals surface area contributed by atoms with E-state index in [9.17, 15) is 9.90 Å². The van der Waals surface area contributed by atoms with Crippen LogP contribution >= 0.6 is 0 Å². The lowest BCUT2D eigenvalue weighted by atomic mass is 9.91. The molecule has 0 amide bonds. The van der Waals surface area contributed by atoms with Gasteiger partial charge in [-0.05, 0) is 33.7 Å². The molecule has 1 heterocycles. The Balaban J connectivity index is 2.68. The van der Waals surface area contributed by atoms with Crippen LogP contribution in [0.15, 0.2) is 0 Å². The van der Waals surface area contributed by atoms with Gasteiger partial charge in [-0.2, -0.15) is 0 Å². The average Bonchev–Trinajstić information content (AvgIpc) is 2.08. The highest BCUT2D eigenvalue weighted by Gasteiger charge is 2.42. The predicted octanol–water partition coefficient (Wildman–Crippen LogP) is 0.960. The smallest absolute Gasteiger partial charge is 0.336 e. The van der Waals surface area contributed by atoms with Crippen LogP contribution in [0.4, 0.5) is 0 Å². The summed E-state index contributed by atoms with van der Waals surface area (Å²) < 4.78 is 5.56. The summed E-state index contributed by atoms with van der Waals surface area (Å²) in [5, 5.41) is 9.18. The molecule has 0 aromatic carbocycles. The summed E-state index contributed by atoms with van der Waals surface area (Å²) in [4.78, 5) is 13.3. The lowest BCUT2D eigenvalue weighted by Crippen LogP contribution is -2.51. The van der Waals surface area contributed by atoms with E-state index in [1.54, 1.807) is 0 Å². The number of hydrogen-bond acceptors (Lipinski definition) is 3. The van der Waals surface area contributed by atoms with Gasteiger partial charge in [0.1, 0.15) is 0 Å². The minimum Gasteiger partial charge on any atom is -0.479 e. The molecule has 1 fully saturated rings. The van der Waals surface area contributed by atoms with Gasteiger partial charge in [-0.3, -0.25) is 0 Å². The first-order valence-electron chi connectivity index (χ1n) is 5.06. The number of hydrogen-bond donors (Lipinski definition) is 1. The fourth-order valence-electron chi connectivity index (χ4n) is 1.81. The van der Waals surface area contributed by atoms with Gasteiger partial charge < -0.3 is 14.7 Å². The highest BCUT2D eigenvalue weighted by atomic mass is 16.5. The van der Waals surface area contributed by atoms with E-state index >= 15 is 0 Å². The molecule has 0 aromatic heterocycles. The number of carboxylic acids is 1. The summed E-state index contributed by atoms with van der Waals surface area (Å²) in [5.41, 5.74) is -0.944. The maximum absolute atomic E-state index is 11.2. The van der Waals surface area contributed by atoms with Crippen molar-refractivity contribution in [3.63, 3.8) is 0 Å². The van der Waals surface area contributed by atoms with E-state index in [1.165, 1.54) is 0 Å². The maximum Gasteiger partial charge on any atom is 0.336 e. The lowest BCUT2D eigenvalue weighted by Gasteiger charge is -2.38. The van der Waals surface area contributed by atoms with Crippen LogP contribution in [-0.4, -0.2) is 47.8 Å². The Morgan fingerprint density at radius 2 is 1.93 bits per heavy atom. The predicted molar refractivity (Wildman–Crippen MR) is 53.3 cm³/mol. The Bertz CT molecular complexity index is 207. The molecule has 0 bridgehead atoms. The van der Waals surface area contributed by atoms with E-state index in [-0.39, 0.29) is 6.10 Å². The molecule has 1 aliphatic rings. The van der Waals surface area contributed by atoms with Crippen LogP contribution in [0.2, 0.25) is 0 Å². The number of likely N-dealkylation sites (tertiary alicyclic amines) is 1. The van der Waals surface area contributed by atoms with Crippen molar-refractivity contribution in [1.29, 1.82) is 0 Å². The Morgan fingerprint density at radius 1 is 1.43 bits per heavy atom. The van der Waals surface area contributed by atoms with E-state index in [2.05, 4.69) is 4.90 Å². The quantitative estimate of drug-likeness (QED) is 0.739. The summed E-state index contributed by atoms with van der Waals surface area (Å²) in [5.74, 6) is -0.820. The molecule has 1 N–H and O–H groups in total. The van der Waals surface area contributed by atoms with Crippen LogP contribution in [-0.2, 0) is 9.53 Å². The Morgan fingerprint density at radius 3 is 2.29 bits per heavy atom. The van der Waals surface area contributed by atoms with Gasteiger partial charge in [0.2, 0.25) is 0 Å². The van der Waals surface area contributed by atoms with E-state index in [4.69, 9.17) is 4.74 Å². The molecule has 4 nitrogen and oxygen atoms in total. The molecule has 1 saturated heterocycles. The van der Waals surface area contributed by atoms with Crippen molar-refractivity contribution >= 4 is 5.97 Å². The second-order valence-electron chi connectivity index (χ2n) is 4.27. The monoisotopic (exact) mass is 201 g/mol. The number of ether oxygens (including phenoxy) is 1. The van der Waals surface area contributed by atoms with Crippen LogP contribution < -0.4 is 0 Å². The molecule has 0 radical (unpaired) electrons. The van der Waals surface area contributed by atoms with Crippen LogP contribution in [0.3, 0.4) is 0 Å². The molecule has 0 spiro atoms. The molecule has 0 aliphatic carbocycles. The Labute approximate surface area is 84.8 Å². The second kappa shape index (κ2) is 4.28. The summed E-state index contributed by atoms with van der Waals surface area (Å²) in [6, 6.07) is 0. The molecular weight excluding hydrogens is 182 g/mol. The number of piperidine rings is 1.